The largest absolute Gasteiger partial charge is 0.380 e. The number of ether oxygens (including phenoxy) is 1. The zero-order chi connectivity index (χ0) is 12.3. The first-order valence-electron chi connectivity index (χ1n) is 6.15. The van der Waals surface area contributed by atoms with Crippen LogP contribution in [0.5, 0.6) is 0 Å². The summed E-state index contributed by atoms with van der Waals surface area (Å²) in [6.45, 7) is 5.21. The van der Waals surface area contributed by atoms with Crippen LogP contribution in [-0.2, 0) is 4.74 Å². The van der Waals surface area contributed by atoms with Crippen molar-refractivity contribution in [1.82, 2.24) is 4.98 Å². The maximum Gasteiger partial charge on any atom is 0.152 e. The van der Waals surface area contributed by atoms with Crippen LogP contribution in [0.15, 0.2) is 18.3 Å². The van der Waals surface area contributed by atoms with Crippen LogP contribution in [0.25, 0.3) is 0 Å². The second-order valence-electron chi connectivity index (χ2n) is 4.86. The van der Waals surface area contributed by atoms with Crippen LogP contribution in [0.2, 0.25) is 5.15 Å². The van der Waals surface area contributed by atoms with E-state index >= 15 is 0 Å². The smallest absolute Gasteiger partial charge is 0.152 e. The minimum Gasteiger partial charge on any atom is -0.380 e. The van der Waals surface area contributed by atoms with Crippen LogP contribution < -0.4 is 5.32 Å². The number of rotatable bonds is 3. The van der Waals surface area contributed by atoms with Gasteiger partial charge in [-0.1, -0.05) is 25.4 Å². The van der Waals surface area contributed by atoms with Crippen molar-refractivity contribution in [1.29, 1.82) is 0 Å². The molecule has 1 fully saturated rings. The predicted molar refractivity (Wildman–Crippen MR) is 70.5 cm³/mol. The third-order valence-electron chi connectivity index (χ3n) is 3.18. The highest BCUT2D eigenvalue weighted by Crippen LogP contribution is 2.25. The molecule has 0 aromatic carbocycles. The molecule has 2 unspecified atom stereocenters. The van der Waals surface area contributed by atoms with E-state index in [0.29, 0.717) is 23.2 Å². The molecule has 1 aromatic rings. The first-order valence-corrected chi connectivity index (χ1v) is 6.53. The van der Waals surface area contributed by atoms with E-state index in [2.05, 4.69) is 24.1 Å². The SMILES string of the molecule is CC(C)C1CC(Nc2cccnc2Cl)CCO1. The Bertz CT molecular complexity index is 370. The van der Waals surface area contributed by atoms with E-state index in [1.165, 1.54) is 0 Å². The van der Waals surface area contributed by atoms with Gasteiger partial charge in [-0.15, -0.1) is 0 Å². The normalized spacial score (nSPS) is 24.9. The van der Waals surface area contributed by atoms with Crippen molar-refractivity contribution in [2.24, 2.45) is 5.92 Å². The van der Waals surface area contributed by atoms with Gasteiger partial charge in [-0.3, -0.25) is 0 Å². The number of nitrogens with one attached hydrogen (secondary N) is 1. The minimum atomic E-state index is 0.344. The molecule has 0 saturated carbocycles. The van der Waals surface area contributed by atoms with Gasteiger partial charge < -0.3 is 10.1 Å². The van der Waals surface area contributed by atoms with Crippen molar-refractivity contribution >= 4 is 17.3 Å². The molecule has 94 valence electrons. The van der Waals surface area contributed by atoms with Crippen LogP contribution in [0.1, 0.15) is 26.7 Å². The second kappa shape index (κ2) is 5.69. The number of anilines is 1. The van der Waals surface area contributed by atoms with Gasteiger partial charge in [-0.25, -0.2) is 4.98 Å². The lowest BCUT2D eigenvalue weighted by atomic mass is 9.95. The van der Waals surface area contributed by atoms with Crippen molar-refractivity contribution in [3.05, 3.63) is 23.5 Å². The average Bonchev–Trinajstić information content (AvgIpc) is 2.32. The highest BCUT2D eigenvalue weighted by atomic mass is 35.5. The van der Waals surface area contributed by atoms with Gasteiger partial charge >= 0.3 is 0 Å². The summed E-state index contributed by atoms with van der Waals surface area (Å²) in [5, 5.41) is 4.00. The zero-order valence-corrected chi connectivity index (χ0v) is 11.1. The van der Waals surface area contributed by atoms with E-state index in [9.17, 15) is 0 Å². The van der Waals surface area contributed by atoms with Gasteiger partial charge in [0.05, 0.1) is 11.8 Å². The van der Waals surface area contributed by atoms with Gasteiger partial charge in [0.2, 0.25) is 0 Å². The van der Waals surface area contributed by atoms with Crippen molar-refractivity contribution in [2.75, 3.05) is 11.9 Å². The van der Waals surface area contributed by atoms with Gasteiger partial charge in [-0.05, 0) is 30.9 Å². The summed E-state index contributed by atoms with van der Waals surface area (Å²) in [6, 6.07) is 4.29. The first kappa shape index (κ1) is 12.7. The maximum absolute atomic E-state index is 6.04. The Kier molecular flexibility index (Phi) is 4.24. The number of hydrogen-bond acceptors (Lipinski definition) is 3. The van der Waals surface area contributed by atoms with E-state index in [1.807, 2.05) is 12.1 Å². The Hall–Kier alpha value is -0.800. The molecule has 0 spiro atoms. The van der Waals surface area contributed by atoms with Crippen LogP contribution >= 0.6 is 11.6 Å². The minimum absolute atomic E-state index is 0.344. The highest BCUT2D eigenvalue weighted by Gasteiger charge is 2.25. The van der Waals surface area contributed by atoms with Crippen LogP contribution in [-0.4, -0.2) is 23.7 Å². The lowest BCUT2D eigenvalue weighted by Crippen LogP contribution is -2.36. The zero-order valence-electron chi connectivity index (χ0n) is 10.3. The van der Waals surface area contributed by atoms with Gasteiger partial charge in [0.25, 0.3) is 0 Å². The number of pyridine rings is 1. The predicted octanol–water partition coefficient (Wildman–Crippen LogP) is 3.35. The van der Waals surface area contributed by atoms with Crippen molar-refractivity contribution in [2.45, 2.75) is 38.8 Å². The lowest BCUT2D eigenvalue weighted by molar-refractivity contribution is -0.0160. The Morgan fingerprint density at radius 2 is 2.35 bits per heavy atom. The molecule has 1 saturated heterocycles. The summed E-state index contributed by atoms with van der Waals surface area (Å²) in [4.78, 5) is 4.07. The van der Waals surface area contributed by atoms with Gasteiger partial charge in [0.1, 0.15) is 0 Å². The summed E-state index contributed by atoms with van der Waals surface area (Å²) in [7, 11) is 0. The molecule has 2 atom stereocenters. The number of aromatic nitrogens is 1. The molecule has 0 aliphatic carbocycles. The molecular formula is C13H19ClN2O. The quantitative estimate of drug-likeness (QED) is 0.840. The maximum atomic E-state index is 6.04. The van der Waals surface area contributed by atoms with Crippen LogP contribution in [0, 0.1) is 5.92 Å². The van der Waals surface area contributed by atoms with E-state index in [4.69, 9.17) is 16.3 Å². The molecule has 1 aliphatic heterocycles. The van der Waals surface area contributed by atoms with Crippen molar-refractivity contribution in [3.63, 3.8) is 0 Å². The Labute approximate surface area is 108 Å². The molecule has 17 heavy (non-hydrogen) atoms. The topological polar surface area (TPSA) is 34.2 Å². The van der Waals surface area contributed by atoms with Crippen LogP contribution in [0.3, 0.4) is 0 Å². The third kappa shape index (κ3) is 3.33. The Balaban J connectivity index is 1.97. The molecule has 1 aliphatic rings. The second-order valence-corrected chi connectivity index (χ2v) is 5.22. The number of hydrogen-bond donors (Lipinski definition) is 1. The summed E-state index contributed by atoms with van der Waals surface area (Å²) in [6.07, 6.45) is 4.10. The molecule has 0 amide bonds. The van der Waals surface area contributed by atoms with Crippen molar-refractivity contribution in [3.8, 4) is 0 Å². The number of nitrogens with zero attached hydrogens (tertiary/aromatic N) is 1. The monoisotopic (exact) mass is 254 g/mol. The molecular weight excluding hydrogens is 236 g/mol. The molecule has 0 bridgehead atoms. The molecule has 3 nitrogen and oxygen atoms in total. The molecule has 4 heteroatoms. The summed E-state index contributed by atoms with van der Waals surface area (Å²) >= 11 is 6.04. The summed E-state index contributed by atoms with van der Waals surface area (Å²) in [5.41, 5.74) is 0.920. The fraction of sp³-hybridized carbons (Fsp3) is 0.615. The fourth-order valence-corrected chi connectivity index (χ4v) is 2.31. The van der Waals surface area contributed by atoms with Crippen LogP contribution in [0.4, 0.5) is 5.69 Å². The van der Waals surface area contributed by atoms with E-state index < -0.39 is 0 Å². The third-order valence-corrected chi connectivity index (χ3v) is 3.48. The molecule has 2 rings (SSSR count). The van der Waals surface area contributed by atoms with E-state index in [1.54, 1.807) is 6.20 Å². The summed E-state index contributed by atoms with van der Waals surface area (Å²) in [5.74, 6) is 0.559. The van der Waals surface area contributed by atoms with Gasteiger partial charge in [-0.2, -0.15) is 0 Å². The molecule has 1 aromatic heterocycles. The number of halogens is 1. The first-order chi connectivity index (χ1) is 8.16. The van der Waals surface area contributed by atoms with Crippen molar-refractivity contribution < 1.29 is 4.74 Å². The molecule has 1 N–H and O–H groups in total. The van der Waals surface area contributed by atoms with Gasteiger partial charge in [0.15, 0.2) is 5.15 Å². The fourth-order valence-electron chi connectivity index (χ4n) is 2.14. The summed E-state index contributed by atoms with van der Waals surface area (Å²) < 4.78 is 5.75. The lowest BCUT2D eigenvalue weighted by Gasteiger charge is -2.33. The Morgan fingerprint density at radius 1 is 1.53 bits per heavy atom. The standard InChI is InChI=1S/C13H19ClN2O/c1-9(2)12-8-10(5-7-17-12)16-11-4-3-6-15-13(11)14/h3-4,6,9-10,12,16H,5,7-8H2,1-2H3. The van der Waals surface area contributed by atoms with E-state index in [-0.39, 0.29) is 0 Å². The molecule has 0 radical (unpaired) electrons. The molecule has 2 heterocycles. The Morgan fingerprint density at radius 3 is 3.06 bits per heavy atom. The van der Waals surface area contributed by atoms with E-state index in [0.717, 1.165) is 25.1 Å². The van der Waals surface area contributed by atoms with Gasteiger partial charge in [0, 0.05) is 18.8 Å². The highest BCUT2D eigenvalue weighted by molar-refractivity contribution is 6.31. The average molecular weight is 255 g/mol.